The van der Waals surface area contributed by atoms with Crippen molar-refractivity contribution < 1.29 is 58.1 Å². The molecule has 3 saturated carbocycles. The Hall–Kier alpha value is -5.98. The zero-order valence-corrected chi connectivity index (χ0v) is 41.2. The van der Waals surface area contributed by atoms with Crippen molar-refractivity contribution >= 4 is 0 Å². The third kappa shape index (κ3) is 15.5. The second kappa shape index (κ2) is 25.8. The highest BCUT2D eigenvalue weighted by Gasteiger charge is 2.24. The van der Waals surface area contributed by atoms with Crippen LogP contribution in [0.5, 0.6) is 17.2 Å². The van der Waals surface area contributed by atoms with Crippen molar-refractivity contribution in [2.45, 2.75) is 135 Å². The Kier molecular flexibility index (Phi) is 19.4. The molecule has 3 aliphatic rings. The van der Waals surface area contributed by atoms with Gasteiger partial charge in [-0.15, -0.1) is 0 Å². The van der Waals surface area contributed by atoms with Crippen molar-refractivity contribution in [1.82, 2.24) is 0 Å². The molecule has 0 heterocycles. The fourth-order valence-electron chi connectivity index (χ4n) is 10.3. The first-order valence-corrected chi connectivity index (χ1v) is 25.2. The Labute approximate surface area is 421 Å². The van der Waals surface area contributed by atoms with Gasteiger partial charge in [0.25, 0.3) is 0 Å². The second-order valence-electron chi connectivity index (χ2n) is 19.9. The molecule has 0 unspecified atom stereocenters. The van der Waals surface area contributed by atoms with Crippen LogP contribution in [0.15, 0.2) is 121 Å². The van der Waals surface area contributed by atoms with Gasteiger partial charge in [-0.2, -0.15) is 26.3 Å². The van der Waals surface area contributed by atoms with E-state index in [2.05, 4.69) is 47.1 Å². The smallest absolute Gasteiger partial charge is 0.387 e. The minimum absolute atomic E-state index is 0.0714. The van der Waals surface area contributed by atoms with Gasteiger partial charge in [-0.1, -0.05) is 138 Å². The van der Waals surface area contributed by atoms with E-state index in [-0.39, 0.29) is 11.6 Å². The highest BCUT2D eigenvalue weighted by Crippen LogP contribution is 2.40. The van der Waals surface area contributed by atoms with Crippen molar-refractivity contribution in [3.8, 4) is 50.6 Å². The van der Waals surface area contributed by atoms with Gasteiger partial charge in [-0.3, -0.25) is 0 Å². The minimum Gasteiger partial charge on any atom is -0.435 e. The number of benzene rings is 6. The van der Waals surface area contributed by atoms with Gasteiger partial charge in [0.1, 0.15) is 11.6 Å². The molecule has 0 atom stereocenters. The molecule has 0 saturated heterocycles. The highest BCUT2D eigenvalue weighted by atomic mass is 19.3. The second-order valence-corrected chi connectivity index (χ2v) is 19.9. The van der Waals surface area contributed by atoms with Crippen LogP contribution >= 0.6 is 0 Å². The third-order valence-electron chi connectivity index (χ3n) is 14.7. The summed E-state index contributed by atoms with van der Waals surface area (Å²) in [7, 11) is 0. The number of alkyl halides is 6. The van der Waals surface area contributed by atoms with Crippen LogP contribution < -0.4 is 14.2 Å². The summed E-state index contributed by atoms with van der Waals surface area (Å²) in [5.74, 6) is -0.809. The van der Waals surface area contributed by atoms with Gasteiger partial charge >= 0.3 is 19.8 Å². The summed E-state index contributed by atoms with van der Waals surface area (Å²) in [6.07, 6.45) is 14.3. The van der Waals surface area contributed by atoms with Crippen LogP contribution in [0.4, 0.5) is 43.9 Å². The molecule has 13 heteroatoms. The van der Waals surface area contributed by atoms with Gasteiger partial charge in [-0.05, 0) is 161 Å². The maximum atomic E-state index is 14.5. The van der Waals surface area contributed by atoms with Crippen LogP contribution in [0.2, 0.25) is 0 Å². The van der Waals surface area contributed by atoms with Gasteiger partial charge in [0.2, 0.25) is 0 Å². The first-order chi connectivity index (χ1) is 35.0. The molecule has 390 valence electrons. The third-order valence-corrected chi connectivity index (χ3v) is 14.7. The van der Waals surface area contributed by atoms with Crippen molar-refractivity contribution in [3.05, 3.63) is 161 Å². The first kappa shape index (κ1) is 54.8. The molecule has 0 aliphatic heterocycles. The van der Waals surface area contributed by atoms with E-state index in [4.69, 9.17) is 0 Å². The van der Waals surface area contributed by atoms with E-state index in [9.17, 15) is 43.9 Å². The Morgan fingerprint density at radius 2 is 0.726 bits per heavy atom. The maximum absolute atomic E-state index is 14.5. The number of halogens is 10. The molecule has 0 amide bonds. The van der Waals surface area contributed by atoms with Crippen molar-refractivity contribution in [2.24, 2.45) is 17.8 Å². The molecule has 3 fully saturated rings. The lowest BCUT2D eigenvalue weighted by molar-refractivity contribution is -0.0548. The zero-order valence-electron chi connectivity index (χ0n) is 41.2. The van der Waals surface area contributed by atoms with Crippen LogP contribution in [0, 0.1) is 41.0 Å². The van der Waals surface area contributed by atoms with Gasteiger partial charge < -0.3 is 14.2 Å². The van der Waals surface area contributed by atoms with Crippen molar-refractivity contribution in [2.75, 3.05) is 0 Å². The largest absolute Gasteiger partial charge is 0.435 e. The predicted octanol–water partition coefficient (Wildman–Crippen LogP) is 19.3. The Morgan fingerprint density at radius 3 is 1.15 bits per heavy atom. The van der Waals surface area contributed by atoms with E-state index in [0.29, 0.717) is 45.6 Å². The van der Waals surface area contributed by atoms with Gasteiger partial charge in [-0.25, -0.2) is 17.6 Å². The molecule has 0 radical (unpaired) electrons. The Bertz CT molecular complexity index is 2630. The first-order valence-electron chi connectivity index (χ1n) is 25.2. The summed E-state index contributed by atoms with van der Waals surface area (Å²) >= 11 is 0. The van der Waals surface area contributed by atoms with E-state index in [0.717, 1.165) is 66.7 Å². The predicted molar refractivity (Wildman–Crippen MR) is 266 cm³/mol. The van der Waals surface area contributed by atoms with Gasteiger partial charge in [0.05, 0.1) is 0 Å². The topological polar surface area (TPSA) is 27.7 Å². The van der Waals surface area contributed by atoms with Gasteiger partial charge in [0, 0.05) is 5.56 Å². The van der Waals surface area contributed by atoms with Crippen LogP contribution in [0.25, 0.3) is 33.4 Å². The molecular weight excluding hydrogens is 959 g/mol. The summed E-state index contributed by atoms with van der Waals surface area (Å²) in [6.45, 7) is -2.32. The van der Waals surface area contributed by atoms with E-state index in [1.165, 1.54) is 86.8 Å². The molecule has 0 spiro atoms. The average molecular weight is 1020 g/mol. The summed E-state index contributed by atoms with van der Waals surface area (Å²) in [6, 6.07) is 33.3. The molecule has 0 bridgehead atoms. The van der Waals surface area contributed by atoms with E-state index < -0.39 is 48.8 Å². The molecule has 0 aromatic heterocycles. The van der Waals surface area contributed by atoms with Crippen LogP contribution in [0.1, 0.15) is 132 Å². The lowest BCUT2D eigenvalue weighted by atomic mass is 9.79. The van der Waals surface area contributed by atoms with Crippen molar-refractivity contribution in [3.63, 3.8) is 0 Å². The Balaban J connectivity index is 0.000000160. The molecule has 3 aliphatic carbocycles. The number of hydrogen-bond acceptors (Lipinski definition) is 3. The van der Waals surface area contributed by atoms with Crippen LogP contribution in [-0.4, -0.2) is 19.8 Å². The summed E-state index contributed by atoms with van der Waals surface area (Å²) in [4.78, 5) is 0. The van der Waals surface area contributed by atoms with E-state index >= 15 is 0 Å². The highest BCUT2D eigenvalue weighted by molar-refractivity contribution is 5.67. The normalized spacial score (nSPS) is 20.9. The standard InChI is InChI=1S/C20H20F4O.2C20H21F3O/c1-12-2-4-13(5-3-12)14-6-8-15(9-7-14)16-10-17(21)19(18(22)11-16)25-20(23)24;1-13-2-4-14(5-3-13)16-8-11-18(19(21)12-16)15-6-9-17(10-7-15)24-20(22)23;1-13-2-4-14(5-3-13)15-6-8-16(9-7-15)17-10-11-19(18(21)12-17)24-20(22)23/h6-13,20H,2-5H2,1H3;2*6-14,20H,2-5H2,1H3. The molecule has 3 nitrogen and oxygen atoms in total. The Morgan fingerprint density at radius 1 is 0.342 bits per heavy atom. The monoisotopic (exact) mass is 1020 g/mol. The fourth-order valence-corrected chi connectivity index (χ4v) is 10.3. The van der Waals surface area contributed by atoms with E-state index in [1.54, 1.807) is 30.3 Å². The van der Waals surface area contributed by atoms with Crippen LogP contribution in [0.3, 0.4) is 0 Å². The summed E-state index contributed by atoms with van der Waals surface area (Å²) < 4.78 is 142. The minimum atomic E-state index is -3.27. The van der Waals surface area contributed by atoms with Crippen LogP contribution in [-0.2, 0) is 0 Å². The fraction of sp³-hybridized carbons (Fsp3) is 0.400. The van der Waals surface area contributed by atoms with Gasteiger partial charge in [0.15, 0.2) is 29.0 Å². The molecule has 0 N–H and O–H groups in total. The zero-order chi connectivity index (χ0) is 52.2. The van der Waals surface area contributed by atoms with E-state index in [1.807, 2.05) is 42.5 Å². The lowest BCUT2D eigenvalue weighted by Gasteiger charge is -2.26. The quantitative estimate of drug-likeness (QED) is 0.114. The molecular formula is C60H62F10O3. The molecule has 6 aromatic carbocycles. The number of hydrogen-bond donors (Lipinski definition) is 0. The SMILES string of the molecule is CC1CCC(c2ccc(-c3cc(F)c(OC(F)F)c(F)c3)cc2)CC1.CC1CCC(c2ccc(-c3ccc(OC(F)F)c(F)c3)cc2)CC1.CC1CCC(c2ccc(-c3ccc(OC(F)F)cc3)c(F)c2)CC1. The number of rotatable bonds is 12. The molecule has 6 aromatic rings. The number of ether oxygens (including phenoxy) is 3. The van der Waals surface area contributed by atoms with Crippen molar-refractivity contribution in [1.29, 1.82) is 0 Å². The maximum Gasteiger partial charge on any atom is 0.387 e. The molecule has 73 heavy (non-hydrogen) atoms. The average Bonchev–Trinajstić information content (AvgIpc) is 3.37. The lowest BCUT2D eigenvalue weighted by Crippen LogP contribution is -2.11. The molecule has 9 rings (SSSR count). The summed E-state index contributed by atoms with van der Waals surface area (Å²) in [5.41, 5.74) is 7.18. The summed E-state index contributed by atoms with van der Waals surface area (Å²) in [5, 5.41) is 0.